The Bertz CT molecular complexity index is 1630. The van der Waals surface area contributed by atoms with E-state index in [4.69, 9.17) is 9.47 Å². The maximum atomic E-state index is 13.8. The molecular formula is C30H30BrN3O5S. The summed E-state index contributed by atoms with van der Waals surface area (Å²) in [6.45, 7) is 2.98. The molecule has 1 amide bonds. The predicted octanol–water partition coefficient (Wildman–Crippen LogP) is 5.38. The first-order valence-electron chi connectivity index (χ1n) is 12.8. The quantitative estimate of drug-likeness (QED) is 0.276. The third-order valence-corrected chi connectivity index (χ3v) is 9.59. The highest BCUT2D eigenvalue weighted by molar-refractivity contribution is 9.10. The minimum atomic E-state index is -3.64. The molecule has 4 aromatic rings. The summed E-state index contributed by atoms with van der Waals surface area (Å²) in [4.78, 5) is 15.8. The van der Waals surface area contributed by atoms with Crippen LogP contribution in [0.5, 0.6) is 11.5 Å². The lowest BCUT2D eigenvalue weighted by atomic mass is 10.1. The Morgan fingerprint density at radius 1 is 0.825 bits per heavy atom. The van der Waals surface area contributed by atoms with Gasteiger partial charge in [0.2, 0.25) is 10.0 Å². The van der Waals surface area contributed by atoms with Gasteiger partial charge in [-0.2, -0.15) is 4.31 Å². The van der Waals surface area contributed by atoms with Crippen LogP contribution in [0.15, 0.2) is 88.2 Å². The molecule has 0 spiro atoms. The van der Waals surface area contributed by atoms with E-state index in [1.165, 1.54) is 4.31 Å². The zero-order valence-electron chi connectivity index (χ0n) is 22.5. The molecule has 0 atom stereocenters. The molecule has 2 heterocycles. The molecule has 0 saturated carbocycles. The topological polar surface area (TPSA) is 81.1 Å². The molecule has 5 rings (SSSR count). The van der Waals surface area contributed by atoms with E-state index in [-0.39, 0.29) is 23.9 Å². The van der Waals surface area contributed by atoms with Gasteiger partial charge in [-0.05, 0) is 79.2 Å². The van der Waals surface area contributed by atoms with Gasteiger partial charge in [-0.1, -0.05) is 22.0 Å². The van der Waals surface area contributed by atoms with Gasteiger partial charge in [0.1, 0.15) is 11.5 Å². The van der Waals surface area contributed by atoms with Crippen molar-refractivity contribution in [1.29, 1.82) is 0 Å². The van der Waals surface area contributed by atoms with Crippen molar-refractivity contribution in [2.75, 3.05) is 40.4 Å². The van der Waals surface area contributed by atoms with Crippen molar-refractivity contribution in [3.8, 4) is 28.4 Å². The summed E-state index contributed by atoms with van der Waals surface area (Å²) < 4.78 is 41.4. The summed E-state index contributed by atoms with van der Waals surface area (Å²) >= 11 is 3.34. The predicted molar refractivity (Wildman–Crippen MR) is 158 cm³/mol. The first kappa shape index (κ1) is 27.9. The average molecular weight is 625 g/mol. The summed E-state index contributed by atoms with van der Waals surface area (Å²) in [5.41, 5.74) is 4.00. The van der Waals surface area contributed by atoms with Gasteiger partial charge in [0.15, 0.2) is 0 Å². The van der Waals surface area contributed by atoms with E-state index >= 15 is 0 Å². The van der Waals surface area contributed by atoms with Crippen molar-refractivity contribution in [2.45, 2.75) is 11.8 Å². The van der Waals surface area contributed by atoms with E-state index in [1.807, 2.05) is 66.1 Å². The number of rotatable bonds is 7. The number of amides is 1. The molecule has 1 fully saturated rings. The molecule has 40 heavy (non-hydrogen) atoms. The van der Waals surface area contributed by atoms with Crippen LogP contribution >= 0.6 is 15.9 Å². The summed E-state index contributed by atoms with van der Waals surface area (Å²) in [5, 5.41) is 0. The number of methoxy groups -OCH3 is 2. The fraction of sp³-hybridized carbons (Fsp3) is 0.233. The molecule has 1 saturated heterocycles. The summed E-state index contributed by atoms with van der Waals surface area (Å²) in [6.07, 6.45) is 0. The smallest absolute Gasteiger partial charge is 0.255 e. The number of carbonyl (C=O) groups excluding carboxylic acids is 1. The Morgan fingerprint density at radius 3 is 2.10 bits per heavy atom. The second-order valence-corrected chi connectivity index (χ2v) is 12.3. The second-order valence-electron chi connectivity index (χ2n) is 9.44. The van der Waals surface area contributed by atoms with Gasteiger partial charge in [0.05, 0.1) is 30.4 Å². The van der Waals surface area contributed by atoms with Gasteiger partial charge in [-0.3, -0.25) is 4.79 Å². The van der Waals surface area contributed by atoms with E-state index in [1.54, 1.807) is 43.4 Å². The SMILES string of the molecule is COc1ccc(-c2cc(C(=O)N3CCN(S(=O)(=O)c4ccc(Br)cc4)CC3)c(C)n2-c2cccc(OC)c2)cc1. The molecule has 0 bridgehead atoms. The first-order valence-corrected chi connectivity index (χ1v) is 15.0. The van der Waals surface area contributed by atoms with Crippen molar-refractivity contribution in [3.63, 3.8) is 0 Å². The lowest BCUT2D eigenvalue weighted by Gasteiger charge is -2.34. The molecule has 0 unspecified atom stereocenters. The highest BCUT2D eigenvalue weighted by atomic mass is 79.9. The van der Waals surface area contributed by atoms with Gasteiger partial charge in [0, 0.05) is 48.1 Å². The van der Waals surface area contributed by atoms with Crippen LogP contribution in [-0.4, -0.2) is 68.5 Å². The lowest BCUT2D eigenvalue weighted by molar-refractivity contribution is 0.0697. The van der Waals surface area contributed by atoms with Gasteiger partial charge in [-0.25, -0.2) is 8.42 Å². The Hall–Kier alpha value is -3.60. The monoisotopic (exact) mass is 623 g/mol. The number of aromatic nitrogens is 1. The number of hydrogen-bond acceptors (Lipinski definition) is 5. The third-order valence-electron chi connectivity index (χ3n) is 7.15. The van der Waals surface area contributed by atoms with E-state index in [2.05, 4.69) is 15.9 Å². The minimum Gasteiger partial charge on any atom is -0.497 e. The zero-order valence-corrected chi connectivity index (χ0v) is 24.9. The molecule has 3 aromatic carbocycles. The first-order chi connectivity index (χ1) is 19.2. The average Bonchev–Trinajstić information content (AvgIpc) is 3.33. The number of benzene rings is 3. The second kappa shape index (κ2) is 11.5. The Balaban J connectivity index is 1.44. The highest BCUT2D eigenvalue weighted by Crippen LogP contribution is 2.33. The number of sulfonamides is 1. The van der Waals surface area contributed by atoms with Crippen molar-refractivity contribution < 1.29 is 22.7 Å². The maximum absolute atomic E-state index is 13.8. The van der Waals surface area contributed by atoms with E-state index in [0.717, 1.165) is 32.9 Å². The van der Waals surface area contributed by atoms with Crippen LogP contribution in [0.2, 0.25) is 0 Å². The van der Waals surface area contributed by atoms with Crippen LogP contribution in [-0.2, 0) is 10.0 Å². The number of hydrogen-bond donors (Lipinski definition) is 0. The van der Waals surface area contributed by atoms with Crippen molar-refractivity contribution in [3.05, 3.63) is 94.6 Å². The lowest BCUT2D eigenvalue weighted by Crippen LogP contribution is -2.50. The van der Waals surface area contributed by atoms with E-state index < -0.39 is 10.0 Å². The Labute approximate surface area is 242 Å². The molecule has 8 nitrogen and oxygen atoms in total. The van der Waals surface area contributed by atoms with Crippen LogP contribution in [0.25, 0.3) is 16.9 Å². The van der Waals surface area contributed by atoms with Gasteiger partial charge in [0.25, 0.3) is 5.91 Å². The standard InChI is InChI=1S/C30H30BrN3O5S/c1-21-28(30(35)32-15-17-33(18-16-32)40(36,37)27-13-9-23(31)10-14-27)20-29(22-7-11-25(38-2)12-8-22)34(21)24-5-4-6-26(19-24)39-3/h4-14,19-20H,15-18H2,1-3H3. The number of nitrogens with zero attached hydrogens (tertiary/aromatic N) is 3. The number of halogens is 1. The molecule has 1 aliphatic heterocycles. The van der Waals surface area contributed by atoms with Crippen LogP contribution in [0.1, 0.15) is 16.1 Å². The zero-order chi connectivity index (χ0) is 28.4. The molecule has 1 aromatic heterocycles. The fourth-order valence-electron chi connectivity index (χ4n) is 4.94. The summed E-state index contributed by atoms with van der Waals surface area (Å²) in [5.74, 6) is 1.32. The summed E-state index contributed by atoms with van der Waals surface area (Å²) in [7, 11) is -0.393. The maximum Gasteiger partial charge on any atom is 0.255 e. The van der Waals surface area contributed by atoms with Crippen molar-refractivity contribution in [2.24, 2.45) is 0 Å². The fourth-order valence-corrected chi connectivity index (χ4v) is 6.62. The van der Waals surface area contributed by atoms with E-state index in [9.17, 15) is 13.2 Å². The molecule has 208 valence electrons. The van der Waals surface area contributed by atoms with Gasteiger partial charge < -0.3 is 18.9 Å². The van der Waals surface area contributed by atoms with Crippen molar-refractivity contribution >= 4 is 31.9 Å². The number of carbonyl (C=O) groups is 1. The Kier molecular flexibility index (Phi) is 8.02. The third kappa shape index (κ3) is 5.39. The van der Waals surface area contributed by atoms with Gasteiger partial charge >= 0.3 is 0 Å². The van der Waals surface area contributed by atoms with Gasteiger partial charge in [-0.15, -0.1) is 0 Å². The Morgan fingerprint density at radius 2 is 1.48 bits per heavy atom. The number of ether oxygens (including phenoxy) is 2. The van der Waals surface area contributed by atoms with Crippen LogP contribution in [0.3, 0.4) is 0 Å². The van der Waals surface area contributed by atoms with Crippen LogP contribution < -0.4 is 9.47 Å². The van der Waals surface area contributed by atoms with E-state index in [0.29, 0.717) is 24.4 Å². The molecule has 0 radical (unpaired) electrons. The highest BCUT2D eigenvalue weighted by Gasteiger charge is 2.32. The van der Waals surface area contributed by atoms with Crippen LogP contribution in [0.4, 0.5) is 0 Å². The molecule has 10 heteroatoms. The van der Waals surface area contributed by atoms with Crippen molar-refractivity contribution in [1.82, 2.24) is 13.8 Å². The normalized spacial score (nSPS) is 14.2. The summed E-state index contributed by atoms with van der Waals surface area (Å²) in [6, 6.07) is 23.9. The number of piperazine rings is 1. The molecule has 0 aliphatic carbocycles. The van der Waals surface area contributed by atoms with Crippen LogP contribution in [0, 0.1) is 6.92 Å². The molecule has 0 N–H and O–H groups in total. The minimum absolute atomic E-state index is 0.130. The molecule has 1 aliphatic rings. The largest absolute Gasteiger partial charge is 0.497 e. The molecular weight excluding hydrogens is 594 g/mol.